The quantitative estimate of drug-likeness (QED) is 0.643. The number of nitrogens with one attached hydrogen (secondary N) is 2. The fourth-order valence-corrected chi connectivity index (χ4v) is 3.34. The van der Waals surface area contributed by atoms with Crippen molar-refractivity contribution >= 4 is 42.3 Å². The van der Waals surface area contributed by atoms with Crippen LogP contribution in [-0.4, -0.2) is 54.2 Å². The molecule has 0 aromatic heterocycles. The van der Waals surface area contributed by atoms with Gasteiger partial charge in [-0.2, -0.15) is 0 Å². The van der Waals surface area contributed by atoms with Gasteiger partial charge in [0.2, 0.25) is 5.91 Å². The number of aliphatic hydroxyl groups excluding tert-OH is 1. The zero-order valence-corrected chi connectivity index (χ0v) is 17.0. The van der Waals surface area contributed by atoms with E-state index in [2.05, 4.69) is 29.4 Å². The van der Waals surface area contributed by atoms with Crippen molar-refractivity contribution in [2.75, 3.05) is 26.2 Å². The van der Waals surface area contributed by atoms with Gasteiger partial charge in [0.1, 0.15) is 0 Å². The fraction of sp³-hybridized carbons (Fsp3) is 0.588. The van der Waals surface area contributed by atoms with Crippen molar-refractivity contribution in [3.05, 3.63) is 34.9 Å². The Balaban J connectivity index is 0.00000288. The molecule has 3 unspecified atom stereocenters. The van der Waals surface area contributed by atoms with Gasteiger partial charge in [-0.25, -0.2) is 0 Å². The second-order valence-electron chi connectivity index (χ2n) is 5.85. The Morgan fingerprint density at radius 1 is 1.36 bits per heavy atom. The molecule has 144 valence electrons. The van der Waals surface area contributed by atoms with Crippen LogP contribution in [0.4, 0.5) is 0 Å². The van der Waals surface area contributed by atoms with Crippen LogP contribution in [0.5, 0.6) is 0 Å². The molecule has 1 saturated heterocycles. The molecule has 0 saturated carbocycles. The Bertz CT molecular complexity index is 530. The third-order valence-corrected chi connectivity index (χ3v) is 4.76. The minimum Gasteiger partial charge on any atom is -0.392 e. The number of rotatable bonds is 7. The predicted molar refractivity (Wildman–Crippen MR) is 107 cm³/mol. The van der Waals surface area contributed by atoms with Gasteiger partial charge < -0.3 is 15.7 Å². The van der Waals surface area contributed by atoms with Crippen molar-refractivity contribution < 1.29 is 9.90 Å². The molecule has 1 aromatic rings. The third-order valence-electron chi connectivity index (χ3n) is 4.41. The van der Waals surface area contributed by atoms with Crippen LogP contribution in [0.2, 0.25) is 5.02 Å². The molecule has 1 aliphatic heterocycles. The molecule has 3 atom stereocenters. The first-order valence-corrected chi connectivity index (χ1v) is 8.62. The van der Waals surface area contributed by atoms with Gasteiger partial charge in [-0.3, -0.25) is 9.69 Å². The standard InChI is InChI=1S/C17H26ClN3O2.2ClH/c1-3-21(4-2)16(13-7-5-6-8-14(13)18)11-20-17(23)15-9-12(22)10-19-15;;/h5-8,12,15-16,19,22H,3-4,9-11H2,1-2H3,(H,20,23);2*1H. The average molecular weight is 413 g/mol. The van der Waals surface area contributed by atoms with Gasteiger partial charge >= 0.3 is 0 Å². The number of likely N-dealkylation sites (N-methyl/N-ethyl adjacent to an activating group) is 1. The smallest absolute Gasteiger partial charge is 0.237 e. The summed E-state index contributed by atoms with van der Waals surface area (Å²) < 4.78 is 0. The molecule has 1 heterocycles. The van der Waals surface area contributed by atoms with E-state index < -0.39 is 6.10 Å². The number of nitrogens with zero attached hydrogens (tertiary/aromatic N) is 1. The summed E-state index contributed by atoms with van der Waals surface area (Å²) in [6.45, 7) is 6.93. The number of hydrogen-bond donors (Lipinski definition) is 3. The Labute approximate surface area is 167 Å². The first kappa shape index (κ1) is 24.4. The normalized spacial score (nSPS) is 20.5. The minimum atomic E-state index is -0.437. The number of aliphatic hydroxyl groups is 1. The van der Waals surface area contributed by atoms with Crippen molar-refractivity contribution in [1.29, 1.82) is 0 Å². The van der Waals surface area contributed by atoms with Crippen LogP contribution in [0.3, 0.4) is 0 Å². The molecule has 2 rings (SSSR count). The minimum absolute atomic E-state index is 0. The molecule has 1 fully saturated rings. The highest BCUT2D eigenvalue weighted by Gasteiger charge is 2.29. The van der Waals surface area contributed by atoms with Crippen LogP contribution in [-0.2, 0) is 4.79 Å². The van der Waals surface area contributed by atoms with Crippen LogP contribution in [0, 0.1) is 0 Å². The van der Waals surface area contributed by atoms with Crippen LogP contribution in [0.1, 0.15) is 31.9 Å². The summed E-state index contributed by atoms with van der Waals surface area (Å²) in [7, 11) is 0. The molecular weight excluding hydrogens is 385 g/mol. The largest absolute Gasteiger partial charge is 0.392 e. The summed E-state index contributed by atoms with van der Waals surface area (Å²) >= 11 is 6.35. The third kappa shape index (κ3) is 6.59. The molecule has 0 bridgehead atoms. The average Bonchev–Trinajstić information content (AvgIpc) is 2.98. The number of halogens is 3. The SMILES string of the molecule is CCN(CC)C(CNC(=O)C1CC(O)CN1)c1ccccc1Cl.Cl.Cl. The lowest BCUT2D eigenvalue weighted by molar-refractivity contribution is -0.123. The van der Waals surface area contributed by atoms with Crippen molar-refractivity contribution in [2.24, 2.45) is 0 Å². The first-order chi connectivity index (χ1) is 11.1. The number of amides is 1. The topological polar surface area (TPSA) is 64.6 Å². The van der Waals surface area contributed by atoms with Crippen LogP contribution in [0.15, 0.2) is 24.3 Å². The lowest BCUT2D eigenvalue weighted by atomic mass is 10.0. The summed E-state index contributed by atoms with van der Waals surface area (Å²) in [5, 5.41) is 16.3. The van der Waals surface area contributed by atoms with E-state index in [1.165, 1.54) is 0 Å². The Hall–Kier alpha value is -0.560. The van der Waals surface area contributed by atoms with E-state index >= 15 is 0 Å². The summed E-state index contributed by atoms with van der Waals surface area (Å²) in [5.41, 5.74) is 1.03. The van der Waals surface area contributed by atoms with Crippen LogP contribution >= 0.6 is 36.4 Å². The molecule has 1 aliphatic rings. The number of carbonyl (C=O) groups excluding carboxylic acids is 1. The molecule has 25 heavy (non-hydrogen) atoms. The van der Waals surface area contributed by atoms with Crippen molar-refractivity contribution in [1.82, 2.24) is 15.5 Å². The predicted octanol–water partition coefficient (Wildman–Crippen LogP) is 2.41. The van der Waals surface area contributed by atoms with Gasteiger partial charge in [-0.05, 0) is 31.1 Å². The fourth-order valence-electron chi connectivity index (χ4n) is 3.08. The van der Waals surface area contributed by atoms with E-state index in [-0.39, 0.29) is 42.8 Å². The summed E-state index contributed by atoms with van der Waals surface area (Å²) in [6, 6.07) is 7.49. The number of carbonyl (C=O) groups is 1. The molecule has 8 heteroatoms. The van der Waals surface area contributed by atoms with E-state index in [0.717, 1.165) is 18.7 Å². The van der Waals surface area contributed by atoms with Crippen LogP contribution in [0.25, 0.3) is 0 Å². The number of benzene rings is 1. The van der Waals surface area contributed by atoms with Gasteiger partial charge in [-0.15, -0.1) is 24.8 Å². The molecule has 3 N–H and O–H groups in total. The Morgan fingerprint density at radius 3 is 2.52 bits per heavy atom. The molecular formula is C17H28Cl3N3O2. The summed E-state index contributed by atoms with van der Waals surface area (Å²) in [5.74, 6) is -0.0641. The zero-order valence-electron chi connectivity index (χ0n) is 14.6. The van der Waals surface area contributed by atoms with Gasteiger partial charge in [0.05, 0.1) is 18.2 Å². The molecule has 1 aromatic carbocycles. The van der Waals surface area contributed by atoms with Crippen molar-refractivity contribution in [3.63, 3.8) is 0 Å². The Kier molecular flexibility index (Phi) is 11.7. The molecule has 0 radical (unpaired) electrons. The van der Waals surface area contributed by atoms with Crippen molar-refractivity contribution in [2.45, 2.75) is 38.5 Å². The molecule has 1 amide bonds. The highest BCUT2D eigenvalue weighted by atomic mass is 35.5. The maximum Gasteiger partial charge on any atom is 0.237 e. The van der Waals surface area contributed by atoms with Crippen molar-refractivity contribution in [3.8, 4) is 0 Å². The first-order valence-electron chi connectivity index (χ1n) is 8.24. The van der Waals surface area contributed by atoms with Gasteiger partial charge in [0.15, 0.2) is 0 Å². The second kappa shape index (κ2) is 11.9. The highest BCUT2D eigenvalue weighted by Crippen LogP contribution is 2.27. The van der Waals surface area contributed by atoms with Gasteiger partial charge in [0.25, 0.3) is 0 Å². The number of β-amino-alcohol motifs (C(OH)–C–C–N with tert-alkyl or cyclic N) is 1. The van der Waals surface area contributed by atoms with E-state index in [4.69, 9.17) is 11.6 Å². The number of hydrogen-bond acceptors (Lipinski definition) is 4. The van der Waals surface area contributed by atoms with E-state index in [9.17, 15) is 9.90 Å². The second-order valence-corrected chi connectivity index (χ2v) is 6.26. The molecule has 5 nitrogen and oxygen atoms in total. The highest BCUT2D eigenvalue weighted by molar-refractivity contribution is 6.31. The lowest BCUT2D eigenvalue weighted by Gasteiger charge is -2.31. The van der Waals surface area contributed by atoms with E-state index in [1.807, 2.05) is 24.3 Å². The van der Waals surface area contributed by atoms with E-state index in [0.29, 0.717) is 24.5 Å². The maximum absolute atomic E-state index is 12.3. The Morgan fingerprint density at radius 2 is 2.00 bits per heavy atom. The zero-order chi connectivity index (χ0) is 16.8. The molecule has 0 spiro atoms. The maximum atomic E-state index is 12.3. The van der Waals surface area contributed by atoms with E-state index in [1.54, 1.807) is 0 Å². The molecule has 0 aliphatic carbocycles. The monoisotopic (exact) mass is 411 g/mol. The summed E-state index contributed by atoms with van der Waals surface area (Å²) in [4.78, 5) is 14.6. The van der Waals surface area contributed by atoms with Gasteiger partial charge in [0, 0.05) is 18.1 Å². The lowest BCUT2D eigenvalue weighted by Crippen LogP contribution is -2.44. The van der Waals surface area contributed by atoms with Gasteiger partial charge in [-0.1, -0.05) is 43.6 Å². The van der Waals surface area contributed by atoms with Crippen LogP contribution < -0.4 is 10.6 Å². The summed E-state index contributed by atoms with van der Waals surface area (Å²) in [6.07, 6.45) is 0.0290.